The smallest absolute Gasteiger partial charge is 0.270 e. The number of carbonyl (C=O) groups is 1. The standard InChI is InChI=1S/C24H27FN6O2/c1-3-15-24(33)29-18-12-14(4-5-16(18)27-15)13-30-10-11-31(20-9-8-19(20)30)21-7-6-17(23(32)26-2)28-22(21)25/h4-7,12,19-20H,3,8-11,13H2,1-2H3,(H,26,32)(H,29,33). The fourth-order valence-electron chi connectivity index (χ4n) is 4.96. The molecule has 1 aromatic carbocycles. The molecule has 2 aliphatic rings. The Kier molecular flexibility index (Phi) is 5.57. The van der Waals surface area contributed by atoms with Crippen LogP contribution in [-0.4, -0.2) is 58.0 Å². The van der Waals surface area contributed by atoms with Gasteiger partial charge in [-0.05, 0) is 49.1 Å². The molecule has 0 spiro atoms. The zero-order chi connectivity index (χ0) is 23.1. The zero-order valence-corrected chi connectivity index (χ0v) is 18.8. The Labute approximate surface area is 190 Å². The van der Waals surface area contributed by atoms with Crippen LogP contribution in [0.4, 0.5) is 10.1 Å². The summed E-state index contributed by atoms with van der Waals surface area (Å²) >= 11 is 0. The van der Waals surface area contributed by atoms with Gasteiger partial charge in [0.2, 0.25) is 5.95 Å². The van der Waals surface area contributed by atoms with Crippen molar-refractivity contribution in [1.29, 1.82) is 0 Å². The van der Waals surface area contributed by atoms with E-state index in [1.807, 2.05) is 19.1 Å². The molecule has 33 heavy (non-hydrogen) atoms. The lowest BCUT2D eigenvalue weighted by Gasteiger charge is -2.54. The van der Waals surface area contributed by atoms with Crippen molar-refractivity contribution in [1.82, 2.24) is 25.2 Å². The number of hydrogen-bond donors (Lipinski definition) is 2. The summed E-state index contributed by atoms with van der Waals surface area (Å²) in [4.78, 5) is 39.7. The van der Waals surface area contributed by atoms with Crippen LogP contribution in [0.5, 0.6) is 0 Å². The summed E-state index contributed by atoms with van der Waals surface area (Å²) in [5, 5.41) is 2.47. The lowest BCUT2D eigenvalue weighted by molar-refractivity contribution is 0.0654. The molecule has 172 valence electrons. The highest BCUT2D eigenvalue weighted by Crippen LogP contribution is 2.38. The van der Waals surface area contributed by atoms with Crippen LogP contribution in [0, 0.1) is 5.95 Å². The van der Waals surface area contributed by atoms with Gasteiger partial charge in [0.25, 0.3) is 11.5 Å². The van der Waals surface area contributed by atoms with Gasteiger partial charge in [-0.3, -0.25) is 14.5 Å². The average Bonchev–Trinajstić information content (AvgIpc) is 2.79. The van der Waals surface area contributed by atoms with Crippen LogP contribution in [-0.2, 0) is 13.0 Å². The maximum absolute atomic E-state index is 14.8. The normalized spacial score (nSPS) is 20.4. The SMILES string of the molecule is CCc1nc2ccc(CN3CCN(c4ccc(C(=O)NC)nc4F)C4CCC43)cc2[nH]c1=O. The molecule has 2 N–H and O–H groups in total. The van der Waals surface area contributed by atoms with Crippen molar-refractivity contribution in [2.45, 2.75) is 44.8 Å². The minimum atomic E-state index is -0.604. The number of pyridine rings is 1. The fourth-order valence-corrected chi connectivity index (χ4v) is 4.96. The van der Waals surface area contributed by atoms with Crippen LogP contribution in [0.2, 0.25) is 0 Å². The molecule has 3 heterocycles. The third-order valence-corrected chi connectivity index (χ3v) is 6.85. The summed E-state index contributed by atoms with van der Waals surface area (Å²) in [5.41, 5.74) is 3.62. The van der Waals surface area contributed by atoms with Gasteiger partial charge in [-0.2, -0.15) is 4.39 Å². The van der Waals surface area contributed by atoms with E-state index in [0.717, 1.165) is 42.5 Å². The first-order valence-corrected chi connectivity index (χ1v) is 11.4. The third kappa shape index (κ3) is 3.86. The van der Waals surface area contributed by atoms with Crippen LogP contribution in [0.25, 0.3) is 11.0 Å². The molecule has 9 heteroatoms. The van der Waals surface area contributed by atoms with Crippen molar-refractivity contribution in [3.8, 4) is 0 Å². The number of carbonyl (C=O) groups excluding carboxylic acids is 1. The largest absolute Gasteiger partial charge is 0.362 e. The summed E-state index contributed by atoms with van der Waals surface area (Å²) in [7, 11) is 1.50. The Morgan fingerprint density at radius 2 is 2.00 bits per heavy atom. The molecule has 2 fully saturated rings. The van der Waals surface area contributed by atoms with Crippen LogP contribution < -0.4 is 15.8 Å². The zero-order valence-electron chi connectivity index (χ0n) is 18.8. The van der Waals surface area contributed by atoms with Gasteiger partial charge < -0.3 is 15.2 Å². The summed E-state index contributed by atoms with van der Waals surface area (Å²) in [6.45, 7) is 4.16. The van der Waals surface area contributed by atoms with Gasteiger partial charge in [0, 0.05) is 38.8 Å². The van der Waals surface area contributed by atoms with E-state index in [1.165, 1.54) is 7.05 Å². The summed E-state index contributed by atoms with van der Waals surface area (Å²) < 4.78 is 14.8. The number of benzene rings is 1. The Morgan fingerprint density at radius 3 is 2.70 bits per heavy atom. The predicted octanol–water partition coefficient (Wildman–Crippen LogP) is 2.23. The summed E-state index contributed by atoms with van der Waals surface area (Å²) in [6.07, 6.45) is 2.65. The minimum Gasteiger partial charge on any atom is -0.362 e. The molecule has 1 amide bonds. The van der Waals surface area contributed by atoms with Gasteiger partial charge in [-0.1, -0.05) is 13.0 Å². The Balaban J connectivity index is 1.33. The second-order valence-corrected chi connectivity index (χ2v) is 8.68. The average molecular weight is 451 g/mol. The number of nitrogens with one attached hydrogen (secondary N) is 2. The van der Waals surface area contributed by atoms with E-state index in [4.69, 9.17) is 0 Å². The van der Waals surface area contributed by atoms with Gasteiger partial charge in [0.15, 0.2) is 0 Å². The highest BCUT2D eigenvalue weighted by Gasteiger charge is 2.43. The highest BCUT2D eigenvalue weighted by molar-refractivity contribution is 5.92. The Bertz CT molecular complexity index is 1280. The van der Waals surface area contributed by atoms with Crippen LogP contribution in [0.1, 0.15) is 41.5 Å². The lowest BCUT2D eigenvalue weighted by Crippen LogP contribution is -2.64. The number of H-pyrrole nitrogens is 1. The lowest BCUT2D eigenvalue weighted by atomic mass is 9.81. The quantitative estimate of drug-likeness (QED) is 0.579. The number of nitrogens with zero attached hydrogens (tertiary/aromatic N) is 4. The molecular formula is C24H27FN6O2. The first-order valence-electron chi connectivity index (χ1n) is 11.4. The molecule has 1 saturated heterocycles. The van der Waals surface area contributed by atoms with Crippen molar-refractivity contribution in [3.05, 3.63) is 63.6 Å². The number of anilines is 1. The third-order valence-electron chi connectivity index (χ3n) is 6.85. The molecule has 2 aromatic heterocycles. The highest BCUT2D eigenvalue weighted by atomic mass is 19.1. The number of rotatable bonds is 5. The number of aromatic amines is 1. The molecular weight excluding hydrogens is 423 g/mol. The van der Waals surface area contributed by atoms with E-state index in [-0.39, 0.29) is 17.3 Å². The Morgan fingerprint density at radius 1 is 1.18 bits per heavy atom. The summed E-state index contributed by atoms with van der Waals surface area (Å²) in [6, 6.07) is 9.81. The topological polar surface area (TPSA) is 94.2 Å². The predicted molar refractivity (Wildman–Crippen MR) is 124 cm³/mol. The van der Waals surface area contributed by atoms with E-state index >= 15 is 0 Å². The molecule has 2 atom stereocenters. The number of aromatic nitrogens is 3. The van der Waals surface area contributed by atoms with Crippen molar-refractivity contribution in [2.24, 2.45) is 0 Å². The second-order valence-electron chi connectivity index (χ2n) is 8.68. The molecule has 0 bridgehead atoms. The van der Waals surface area contributed by atoms with E-state index in [2.05, 4.69) is 36.1 Å². The van der Waals surface area contributed by atoms with Crippen molar-refractivity contribution in [3.63, 3.8) is 0 Å². The van der Waals surface area contributed by atoms with Gasteiger partial charge >= 0.3 is 0 Å². The van der Waals surface area contributed by atoms with Gasteiger partial charge in [-0.25, -0.2) is 9.97 Å². The fraction of sp³-hybridized carbons (Fsp3) is 0.417. The van der Waals surface area contributed by atoms with Crippen LogP contribution in [0.15, 0.2) is 35.1 Å². The number of aryl methyl sites for hydroxylation is 1. The summed E-state index contributed by atoms with van der Waals surface area (Å²) in [5.74, 6) is -1.00. The van der Waals surface area contributed by atoms with Crippen molar-refractivity contribution < 1.29 is 9.18 Å². The molecule has 1 aliphatic heterocycles. The monoisotopic (exact) mass is 450 g/mol. The van der Waals surface area contributed by atoms with Gasteiger partial charge in [0.05, 0.1) is 16.7 Å². The molecule has 0 radical (unpaired) electrons. The molecule has 2 unspecified atom stereocenters. The number of halogens is 1. The van der Waals surface area contributed by atoms with Crippen molar-refractivity contribution >= 4 is 22.6 Å². The van der Waals surface area contributed by atoms with Crippen LogP contribution >= 0.6 is 0 Å². The first kappa shape index (κ1) is 21.5. The molecule has 8 nitrogen and oxygen atoms in total. The Hall–Kier alpha value is -3.33. The van der Waals surface area contributed by atoms with E-state index in [9.17, 15) is 14.0 Å². The van der Waals surface area contributed by atoms with Crippen LogP contribution in [0.3, 0.4) is 0 Å². The van der Waals surface area contributed by atoms with Gasteiger partial charge in [0.1, 0.15) is 11.4 Å². The van der Waals surface area contributed by atoms with Crippen molar-refractivity contribution in [2.75, 3.05) is 25.0 Å². The number of hydrogen-bond acceptors (Lipinski definition) is 6. The van der Waals surface area contributed by atoms with Gasteiger partial charge in [-0.15, -0.1) is 0 Å². The van der Waals surface area contributed by atoms with E-state index in [1.54, 1.807) is 12.1 Å². The molecule has 5 rings (SSSR count). The molecule has 1 aliphatic carbocycles. The van der Waals surface area contributed by atoms with E-state index < -0.39 is 11.9 Å². The number of piperazine rings is 1. The maximum Gasteiger partial charge on any atom is 0.270 e. The molecule has 3 aromatic rings. The second kappa shape index (κ2) is 8.55. The number of amides is 1. The first-order chi connectivity index (χ1) is 16.0. The number of fused-ring (bicyclic) bond motifs is 2. The molecule has 1 saturated carbocycles. The maximum atomic E-state index is 14.8. The van der Waals surface area contributed by atoms with E-state index in [0.29, 0.717) is 30.4 Å². The minimum absolute atomic E-state index is 0.0810.